The molecule has 0 saturated carbocycles. The SMILES string of the molecule is O=C1/C(=C/c2c(Cl)nc3sccn23)CCc2ccccc21. The van der Waals surface area contributed by atoms with Crippen LogP contribution in [0.4, 0.5) is 0 Å². The Morgan fingerprint density at radius 2 is 2.14 bits per heavy atom. The molecule has 4 rings (SSSR count). The maximum atomic E-state index is 12.6. The number of aromatic nitrogens is 2. The number of imidazole rings is 1. The van der Waals surface area contributed by atoms with Crippen LogP contribution in [0.5, 0.6) is 0 Å². The molecule has 0 fully saturated rings. The van der Waals surface area contributed by atoms with Gasteiger partial charge in [-0.25, -0.2) is 4.98 Å². The summed E-state index contributed by atoms with van der Waals surface area (Å²) >= 11 is 7.72. The first-order chi connectivity index (χ1) is 10.2. The molecule has 21 heavy (non-hydrogen) atoms. The third-order valence-corrected chi connectivity index (χ3v) is 4.82. The third kappa shape index (κ3) is 2.03. The van der Waals surface area contributed by atoms with Gasteiger partial charge in [-0.3, -0.25) is 9.20 Å². The van der Waals surface area contributed by atoms with Crippen molar-refractivity contribution in [1.82, 2.24) is 9.38 Å². The standard InChI is InChI=1S/C16H11ClN2OS/c17-15-13(19-7-8-21-16(19)18-15)9-11-6-5-10-3-1-2-4-12(10)14(11)20/h1-4,7-9H,5-6H2/b11-9+. The molecule has 0 unspecified atom stereocenters. The summed E-state index contributed by atoms with van der Waals surface area (Å²) in [6, 6.07) is 7.79. The van der Waals surface area contributed by atoms with Crippen LogP contribution in [0.15, 0.2) is 41.4 Å². The number of hydrogen-bond donors (Lipinski definition) is 0. The number of Topliss-reactive ketones (excluding diaryl/α,β-unsaturated/α-hetero) is 1. The van der Waals surface area contributed by atoms with Gasteiger partial charge in [0.2, 0.25) is 0 Å². The maximum Gasteiger partial charge on any atom is 0.195 e. The van der Waals surface area contributed by atoms with Crippen molar-refractivity contribution in [2.45, 2.75) is 12.8 Å². The van der Waals surface area contributed by atoms with Gasteiger partial charge in [-0.15, -0.1) is 11.3 Å². The van der Waals surface area contributed by atoms with Crippen molar-refractivity contribution in [3.05, 3.63) is 63.4 Å². The summed E-state index contributed by atoms with van der Waals surface area (Å²) in [5, 5.41) is 2.40. The highest BCUT2D eigenvalue weighted by Crippen LogP contribution is 2.29. The molecular weight excluding hydrogens is 304 g/mol. The molecule has 0 spiro atoms. The first-order valence-electron chi connectivity index (χ1n) is 6.68. The van der Waals surface area contributed by atoms with Gasteiger partial charge in [0.15, 0.2) is 15.9 Å². The molecule has 104 valence electrons. The summed E-state index contributed by atoms with van der Waals surface area (Å²) in [4.78, 5) is 17.7. The van der Waals surface area contributed by atoms with Gasteiger partial charge in [0.05, 0.1) is 5.69 Å². The second-order valence-corrected chi connectivity index (χ2v) is 6.23. The highest BCUT2D eigenvalue weighted by atomic mass is 35.5. The van der Waals surface area contributed by atoms with Gasteiger partial charge in [0.1, 0.15) is 0 Å². The molecule has 0 radical (unpaired) electrons. The zero-order chi connectivity index (χ0) is 14.4. The lowest BCUT2D eigenvalue weighted by Gasteiger charge is -2.17. The minimum Gasteiger partial charge on any atom is -0.289 e. The molecule has 0 bridgehead atoms. The number of fused-ring (bicyclic) bond motifs is 2. The van der Waals surface area contributed by atoms with Crippen LogP contribution in [0, 0.1) is 0 Å². The van der Waals surface area contributed by atoms with E-state index in [-0.39, 0.29) is 5.78 Å². The fraction of sp³-hybridized carbons (Fsp3) is 0.125. The van der Waals surface area contributed by atoms with Gasteiger partial charge in [0.25, 0.3) is 0 Å². The van der Waals surface area contributed by atoms with E-state index in [0.717, 1.165) is 40.2 Å². The molecule has 5 heteroatoms. The lowest BCUT2D eigenvalue weighted by molar-refractivity contribution is 0.102. The van der Waals surface area contributed by atoms with E-state index in [1.54, 1.807) is 0 Å². The smallest absolute Gasteiger partial charge is 0.195 e. The molecule has 0 aliphatic heterocycles. The van der Waals surface area contributed by atoms with E-state index in [0.29, 0.717) is 5.15 Å². The Kier molecular flexibility index (Phi) is 2.94. The van der Waals surface area contributed by atoms with Crippen molar-refractivity contribution in [3.8, 4) is 0 Å². The van der Waals surface area contributed by atoms with Crippen LogP contribution in [-0.2, 0) is 6.42 Å². The number of hydrogen-bond acceptors (Lipinski definition) is 3. The Morgan fingerprint density at radius 1 is 1.29 bits per heavy atom. The molecule has 2 heterocycles. The monoisotopic (exact) mass is 314 g/mol. The number of ketones is 1. The number of benzene rings is 1. The van der Waals surface area contributed by atoms with Crippen LogP contribution in [0.2, 0.25) is 5.15 Å². The molecule has 3 aromatic rings. The Hall–Kier alpha value is -1.91. The van der Waals surface area contributed by atoms with Crippen molar-refractivity contribution < 1.29 is 4.79 Å². The molecule has 3 nitrogen and oxygen atoms in total. The molecule has 1 aliphatic carbocycles. The molecule has 0 amide bonds. The number of allylic oxidation sites excluding steroid dienone is 1. The van der Waals surface area contributed by atoms with Gasteiger partial charge in [-0.05, 0) is 24.5 Å². The third-order valence-electron chi connectivity index (χ3n) is 3.78. The van der Waals surface area contributed by atoms with Gasteiger partial charge >= 0.3 is 0 Å². The Balaban J connectivity index is 1.82. The van der Waals surface area contributed by atoms with Crippen LogP contribution in [0.1, 0.15) is 28.0 Å². The Bertz CT molecular complexity index is 891. The van der Waals surface area contributed by atoms with Crippen LogP contribution in [-0.4, -0.2) is 15.2 Å². The number of rotatable bonds is 1. The van der Waals surface area contributed by atoms with Crippen LogP contribution >= 0.6 is 22.9 Å². The normalized spacial score (nSPS) is 16.6. The number of carbonyl (C=O) groups excluding carboxylic acids is 1. The van der Waals surface area contributed by atoms with E-state index in [1.165, 1.54) is 11.3 Å². The van der Waals surface area contributed by atoms with Crippen molar-refractivity contribution in [1.29, 1.82) is 0 Å². The lowest BCUT2D eigenvalue weighted by Crippen LogP contribution is -2.13. The van der Waals surface area contributed by atoms with Crippen LogP contribution in [0.3, 0.4) is 0 Å². The first kappa shape index (κ1) is 12.8. The molecular formula is C16H11ClN2OS. The lowest BCUT2D eigenvalue weighted by atomic mass is 9.86. The minimum atomic E-state index is 0.0955. The molecule has 0 saturated heterocycles. The largest absolute Gasteiger partial charge is 0.289 e. The van der Waals surface area contributed by atoms with E-state index in [4.69, 9.17) is 11.6 Å². The van der Waals surface area contributed by atoms with Crippen LogP contribution in [0.25, 0.3) is 11.0 Å². The summed E-state index contributed by atoms with van der Waals surface area (Å²) in [5.41, 5.74) is 3.51. The Labute approximate surface area is 130 Å². The minimum absolute atomic E-state index is 0.0955. The molecule has 0 atom stereocenters. The topological polar surface area (TPSA) is 34.4 Å². The molecule has 2 aromatic heterocycles. The van der Waals surface area contributed by atoms with E-state index >= 15 is 0 Å². The Morgan fingerprint density at radius 3 is 3.05 bits per heavy atom. The highest BCUT2D eigenvalue weighted by molar-refractivity contribution is 7.15. The summed E-state index contributed by atoms with van der Waals surface area (Å²) in [5.74, 6) is 0.0955. The van der Waals surface area contributed by atoms with E-state index in [1.807, 2.05) is 46.3 Å². The number of aryl methyl sites for hydroxylation is 1. The summed E-state index contributed by atoms with van der Waals surface area (Å²) in [6.45, 7) is 0. The summed E-state index contributed by atoms with van der Waals surface area (Å²) < 4.78 is 1.92. The summed E-state index contributed by atoms with van der Waals surface area (Å²) in [6.07, 6.45) is 5.43. The van der Waals surface area contributed by atoms with Crippen molar-refractivity contribution in [2.24, 2.45) is 0 Å². The summed E-state index contributed by atoms with van der Waals surface area (Å²) in [7, 11) is 0. The highest BCUT2D eigenvalue weighted by Gasteiger charge is 2.22. The van der Waals surface area contributed by atoms with E-state index in [9.17, 15) is 4.79 Å². The first-order valence-corrected chi connectivity index (χ1v) is 7.94. The van der Waals surface area contributed by atoms with E-state index in [2.05, 4.69) is 4.98 Å². The fourth-order valence-electron chi connectivity index (χ4n) is 2.72. The zero-order valence-electron chi connectivity index (χ0n) is 11.0. The average molecular weight is 315 g/mol. The zero-order valence-corrected chi connectivity index (χ0v) is 12.6. The number of thiazole rings is 1. The molecule has 1 aromatic carbocycles. The number of nitrogens with zero attached hydrogens (tertiary/aromatic N) is 2. The number of halogens is 1. The van der Waals surface area contributed by atoms with Gasteiger partial charge in [-0.1, -0.05) is 35.9 Å². The molecule has 1 aliphatic rings. The average Bonchev–Trinajstić information content (AvgIpc) is 3.05. The number of carbonyl (C=O) groups is 1. The van der Waals surface area contributed by atoms with Crippen molar-refractivity contribution >= 4 is 39.8 Å². The quantitative estimate of drug-likeness (QED) is 0.629. The van der Waals surface area contributed by atoms with E-state index < -0.39 is 0 Å². The van der Waals surface area contributed by atoms with Gasteiger partial charge < -0.3 is 0 Å². The predicted octanol–water partition coefficient (Wildman–Crippen LogP) is 4.26. The second-order valence-electron chi connectivity index (χ2n) is 5.00. The maximum absolute atomic E-state index is 12.6. The van der Waals surface area contributed by atoms with Crippen molar-refractivity contribution in [2.75, 3.05) is 0 Å². The predicted molar refractivity (Wildman–Crippen MR) is 85.1 cm³/mol. The van der Waals surface area contributed by atoms with Gasteiger partial charge in [-0.2, -0.15) is 0 Å². The molecule has 0 N–H and O–H groups in total. The van der Waals surface area contributed by atoms with Gasteiger partial charge in [0, 0.05) is 22.7 Å². The van der Waals surface area contributed by atoms with Crippen LogP contribution < -0.4 is 0 Å². The van der Waals surface area contributed by atoms with Crippen molar-refractivity contribution in [3.63, 3.8) is 0 Å². The fourth-order valence-corrected chi connectivity index (χ4v) is 3.72. The second kappa shape index (κ2) is 4.83.